The predicted octanol–water partition coefficient (Wildman–Crippen LogP) is 0.671. The van der Waals surface area contributed by atoms with Gasteiger partial charge in [-0.25, -0.2) is 0 Å². The number of nitro benzene ring substituents is 1. The van der Waals surface area contributed by atoms with Crippen LogP contribution in [-0.2, 0) is 17.8 Å². The second-order valence-electron chi connectivity index (χ2n) is 7.93. The quantitative estimate of drug-likeness (QED) is 0.560. The number of rotatable bonds is 2. The summed E-state index contributed by atoms with van der Waals surface area (Å²) in [7, 11) is 0. The number of hydrogen-bond acceptors (Lipinski definition) is 6. The number of carboxylic acid groups (broad SMARTS) is 1. The van der Waals surface area contributed by atoms with Crippen molar-refractivity contribution >= 4 is 17.3 Å². The summed E-state index contributed by atoms with van der Waals surface area (Å²) < 4.78 is 1.77. The molecule has 3 aliphatic rings. The molecule has 0 unspecified atom stereocenters. The van der Waals surface area contributed by atoms with E-state index in [1.165, 1.54) is 18.2 Å². The van der Waals surface area contributed by atoms with E-state index in [-0.39, 0.29) is 35.5 Å². The van der Waals surface area contributed by atoms with E-state index in [1.807, 2.05) is 6.07 Å². The Morgan fingerprint density at radius 3 is 2.75 bits per heavy atom. The second kappa shape index (κ2) is 5.92. The minimum absolute atomic E-state index is 0.0117. The van der Waals surface area contributed by atoms with Crippen molar-refractivity contribution in [1.29, 1.82) is 0 Å². The Morgan fingerprint density at radius 2 is 2.00 bits per heavy atom. The molecule has 28 heavy (non-hydrogen) atoms. The smallest absolute Gasteiger partial charge is 0.269 e. The number of nitro groups is 1. The molecule has 0 saturated carbocycles. The number of benzene rings is 1. The Labute approximate surface area is 160 Å². The highest BCUT2D eigenvalue weighted by atomic mass is 16.6. The monoisotopic (exact) mass is 380 g/mol. The topological polar surface area (TPSA) is 109 Å². The Morgan fingerprint density at radius 1 is 1.18 bits per heavy atom. The van der Waals surface area contributed by atoms with Gasteiger partial charge < -0.3 is 19.4 Å². The molecule has 3 aliphatic heterocycles. The number of non-ortho nitro benzene ring substituents is 1. The number of hydrogen-bond donors (Lipinski definition) is 0. The maximum atomic E-state index is 12.3. The summed E-state index contributed by atoms with van der Waals surface area (Å²) in [5.74, 6) is -1.77. The van der Waals surface area contributed by atoms with E-state index in [4.69, 9.17) is 0 Å². The molecule has 144 valence electrons. The Hall–Kier alpha value is -3.16. The third-order valence-electron chi connectivity index (χ3n) is 6.50. The summed E-state index contributed by atoms with van der Waals surface area (Å²) in [5.41, 5.74) is 2.40. The highest BCUT2D eigenvalue weighted by molar-refractivity contribution is 5.74. The van der Waals surface area contributed by atoms with E-state index in [0.717, 1.165) is 17.8 Å². The largest absolute Gasteiger partial charge is 0.550 e. The highest BCUT2D eigenvalue weighted by Gasteiger charge is 2.47. The molecule has 8 nitrogen and oxygen atoms in total. The minimum atomic E-state index is -1.14. The van der Waals surface area contributed by atoms with Crippen LogP contribution in [0.3, 0.4) is 0 Å². The van der Waals surface area contributed by atoms with Crippen LogP contribution in [0.15, 0.2) is 41.2 Å². The van der Waals surface area contributed by atoms with Crippen molar-refractivity contribution in [3.8, 4) is 0 Å². The molecular weight excluding hydrogens is 362 g/mol. The van der Waals surface area contributed by atoms with E-state index in [0.29, 0.717) is 18.7 Å². The molecule has 1 saturated heterocycles. The maximum absolute atomic E-state index is 12.3. The van der Waals surface area contributed by atoms with E-state index in [9.17, 15) is 24.8 Å². The Bertz CT molecular complexity index is 1060. The lowest BCUT2D eigenvalue weighted by atomic mass is 9.70. The lowest BCUT2D eigenvalue weighted by Gasteiger charge is -2.54. The van der Waals surface area contributed by atoms with Crippen LogP contribution in [0.4, 0.5) is 11.4 Å². The van der Waals surface area contributed by atoms with Gasteiger partial charge in [0.1, 0.15) is 0 Å². The van der Waals surface area contributed by atoms with Crippen molar-refractivity contribution in [1.82, 2.24) is 4.57 Å². The normalized spacial score (nSPS) is 27.4. The summed E-state index contributed by atoms with van der Waals surface area (Å²) in [6.45, 7) is 1.07. The van der Waals surface area contributed by atoms with Crippen molar-refractivity contribution in [3.05, 3.63) is 68.1 Å². The molecule has 0 spiro atoms. The van der Waals surface area contributed by atoms with Gasteiger partial charge in [0.05, 0.1) is 4.92 Å². The van der Waals surface area contributed by atoms with E-state index < -0.39 is 16.8 Å². The number of nitrogens with zero attached hydrogens (tertiary/aromatic N) is 3. The Balaban J connectivity index is 1.64. The first kappa shape index (κ1) is 17.0. The molecular formula is C20H18N3O5-. The number of carboxylic acids is 1. The van der Waals surface area contributed by atoms with Gasteiger partial charge in [-0.1, -0.05) is 6.07 Å². The molecule has 5 rings (SSSR count). The third kappa shape index (κ3) is 2.37. The molecule has 1 aromatic carbocycles. The van der Waals surface area contributed by atoms with Crippen LogP contribution in [0.5, 0.6) is 0 Å². The van der Waals surface area contributed by atoms with Crippen LogP contribution in [0.2, 0.25) is 0 Å². The molecule has 4 heterocycles. The molecule has 2 aromatic rings. The van der Waals surface area contributed by atoms with Gasteiger partial charge in [-0.3, -0.25) is 14.9 Å². The lowest BCUT2D eigenvalue weighted by Crippen LogP contribution is -2.61. The summed E-state index contributed by atoms with van der Waals surface area (Å²) >= 11 is 0. The molecule has 8 heteroatoms. The first-order valence-corrected chi connectivity index (χ1v) is 9.38. The third-order valence-corrected chi connectivity index (χ3v) is 6.50. The number of aromatic nitrogens is 1. The average Bonchev–Trinajstić information content (AvgIpc) is 2.67. The van der Waals surface area contributed by atoms with Gasteiger partial charge in [0, 0.05) is 66.5 Å². The average molecular weight is 380 g/mol. The van der Waals surface area contributed by atoms with Gasteiger partial charge in [0.2, 0.25) is 0 Å². The second-order valence-corrected chi connectivity index (χ2v) is 7.93. The van der Waals surface area contributed by atoms with E-state index in [2.05, 4.69) is 4.90 Å². The molecule has 0 amide bonds. The van der Waals surface area contributed by atoms with Crippen molar-refractivity contribution in [2.75, 3.05) is 11.4 Å². The molecule has 2 bridgehead atoms. The van der Waals surface area contributed by atoms with Crippen molar-refractivity contribution in [2.45, 2.75) is 31.3 Å². The van der Waals surface area contributed by atoms with Crippen LogP contribution in [0.1, 0.15) is 23.6 Å². The van der Waals surface area contributed by atoms with Crippen LogP contribution < -0.4 is 15.6 Å². The first-order chi connectivity index (χ1) is 13.4. The van der Waals surface area contributed by atoms with Crippen LogP contribution >= 0.6 is 0 Å². The van der Waals surface area contributed by atoms with Crippen molar-refractivity contribution in [2.24, 2.45) is 11.8 Å². The zero-order valence-corrected chi connectivity index (χ0v) is 15.0. The lowest BCUT2D eigenvalue weighted by molar-refractivity contribution is -0.384. The molecule has 1 aromatic heterocycles. The highest BCUT2D eigenvalue weighted by Crippen LogP contribution is 2.47. The van der Waals surface area contributed by atoms with Crippen molar-refractivity contribution in [3.63, 3.8) is 0 Å². The van der Waals surface area contributed by atoms with E-state index in [1.54, 1.807) is 16.7 Å². The number of carbonyl (C=O) groups is 1. The standard InChI is InChI=1S/C20H19N3O5/c24-18-3-1-2-16-12-6-13(10-21(16)18)19-15(20(25)26)8-11-7-14(23(27)28)4-5-17(11)22(19)9-12/h1-5,7,12-13,15,19H,6,8-10H2,(H,25,26)/p-1/t12-,13+,15-,19+/m0/s1. The van der Waals surface area contributed by atoms with Crippen molar-refractivity contribution < 1.29 is 14.8 Å². The summed E-state index contributed by atoms with van der Waals surface area (Å²) in [6, 6.07) is 9.65. The molecule has 0 N–H and O–H groups in total. The van der Waals surface area contributed by atoms with Crippen LogP contribution in [0, 0.1) is 22.0 Å². The predicted molar refractivity (Wildman–Crippen MR) is 98.0 cm³/mol. The summed E-state index contributed by atoms with van der Waals surface area (Å²) in [4.78, 5) is 37.1. The fraction of sp³-hybridized carbons (Fsp3) is 0.400. The Kier molecular flexibility index (Phi) is 3.59. The molecule has 0 radical (unpaired) electrons. The molecule has 4 atom stereocenters. The van der Waals surface area contributed by atoms with Gasteiger partial charge in [-0.2, -0.15) is 0 Å². The minimum Gasteiger partial charge on any atom is -0.550 e. The molecule has 1 fully saturated rings. The number of aliphatic carboxylic acids is 1. The maximum Gasteiger partial charge on any atom is 0.269 e. The SMILES string of the molecule is O=C([O-])[C@H]1Cc2cc([N+](=O)[O-])ccc2N2C[C@@H]3C[C@H](Cn4c3cccc4=O)[C@H]12. The zero-order chi connectivity index (χ0) is 19.6. The summed E-state index contributed by atoms with van der Waals surface area (Å²) in [6.07, 6.45) is 1.04. The number of anilines is 1. The fourth-order valence-corrected chi connectivity index (χ4v) is 5.43. The fourth-order valence-electron chi connectivity index (χ4n) is 5.43. The number of carbonyl (C=O) groups excluding carboxylic acids is 1. The first-order valence-electron chi connectivity index (χ1n) is 9.38. The number of fused-ring (bicyclic) bond motifs is 8. The van der Waals surface area contributed by atoms with Crippen LogP contribution in [0.25, 0.3) is 0 Å². The number of pyridine rings is 1. The van der Waals surface area contributed by atoms with Gasteiger partial charge >= 0.3 is 0 Å². The molecule has 0 aliphatic carbocycles. The van der Waals surface area contributed by atoms with Gasteiger partial charge in [-0.15, -0.1) is 0 Å². The zero-order valence-electron chi connectivity index (χ0n) is 15.0. The number of piperidine rings is 1. The van der Waals surface area contributed by atoms with Gasteiger partial charge in [-0.05, 0) is 36.5 Å². The van der Waals surface area contributed by atoms with Gasteiger partial charge in [0.25, 0.3) is 11.2 Å². The van der Waals surface area contributed by atoms with E-state index >= 15 is 0 Å². The summed E-state index contributed by atoms with van der Waals surface area (Å²) in [5, 5.41) is 23.1. The van der Waals surface area contributed by atoms with Gasteiger partial charge in [0.15, 0.2) is 0 Å². The van der Waals surface area contributed by atoms with Crippen LogP contribution in [-0.4, -0.2) is 28.0 Å².